The fraction of sp³-hybridized carbons (Fsp3) is 0.211. The summed E-state index contributed by atoms with van der Waals surface area (Å²) in [6.07, 6.45) is 9.16. The number of rotatable bonds is 5. The first kappa shape index (κ1) is 18.2. The van der Waals surface area contributed by atoms with E-state index in [1.54, 1.807) is 34.1 Å². The molecule has 0 bridgehead atoms. The van der Waals surface area contributed by atoms with Gasteiger partial charge in [-0.3, -0.25) is 4.79 Å². The van der Waals surface area contributed by atoms with E-state index in [4.69, 9.17) is 0 Å². The van der Waals surface area contributed by atoms with Crippen LogP contribution in [0.15, 0.2) is 71.0 Å². The van der Waals surface area contributed by atoms with E-state index in [1.165, 1.54) is 0 Å². The Bertz CT molecular complexity index is 1080. The van der Waals surface area contributed by atoms with Crippen molar-refractivity contribution < 1.29 is 13.2 Å². The van der Waals surface area contributed by atoms with E-state index in [0.717, 1.165) is 11.3 Å². The molecule has 2 aromatic rings. The molecular weight excluding hydrogens is 378 g/mol. The summed E-state index contributed by atoms with van der Waals surface area (Å²) < 4.78 is 28.6. The molecule has 28 heavy (non-hydrogen) atoms. The van der Waals surface area contributed by atoms with Gasteiger partial charge in [0.25, 0.3) is 15.9 Å². The lowest BCUT2D eigenvalue weighted by Gasteiger charge is -2.26. The van der Waals surface area contributed by atoms with Gasteiger partial charge in [0.2, 0.25) is 0 Å². The van der Waals surface area contributed by atoms with Crippen LogP contribution in [0.4, 0.5) is 0 Å². The number of aromatic nitrogens is 2. The van der Waals surface area contributed by atoms with Crippen molar-refractivity contribution in [3.8, 4) is 5.69 Å². The van der Waals surface area contributed by atoms with Gasteiger partial charge in [0.05, 0.1) is 23.2 Å². The molecule has 0 spiro atoms. The molecule has 0 saturated heterocycles. The monoisotopic (exact) mass is 397 g/mol. The van der Waals surface area contributed by atoms with Gasteiger partial charge in [-0.1, -0.05) is 18.2 Å². The fourth-order valence-corrected chi connectivity index (χ4v) is 3.94. The Morgan fingerprint density at radius 1 is 1.18 bits per heavy atom. The molecule has 1 aromatic carbocycles. The number of fused-ring (bicyclic) bond motifs is 1. The number of amides is 1. The van der Waals surface area contributed by atoms with Crippen molar-refractivity contribution in [1.29, 1.82) is 0 Å². The van der Waals surface area contributed by atoms with Gasteiger partial charge in [0, 0.05) is 25.5 Å². The number of nitrogens with one attached hydrogen (secondary N) is 1. The summed E-state index contributed by atoms with van der Waals surface area (Å²) in [5.41, 5.74) is 2.47. The molecule has 0 saturated carbocycles. The van der Waals surface area contributed by atoms with E-state index in [1.807, 2.05) is 36.5 Å². The van der Waals surface area contributed by atoms with Gasteiger partial charge in [-0.2, -0.15) is 5.10 Å². The molecule has 0 unspecified atom stereocenters. The maximum Gasteiger partial charge on any atom is 0.256 e. The zero-order valence-corrected chi connectivity index (χ0v) is 15.8. The van der Waals surface area contributed by atoms with Crippen molar-refractivity contribution >= 4 is 21.8 Å². The number of benzene rings is 1. The standard InChI is InChI=1S/C19H19N5O3S/c25-19(16-6-7-18-22-28(26,27)11-10-23(18)14-16)20-9-8-15-12-21-24(13-15)17-4-2-1-3-5-17/h1-7,12-14H,8-11H2,(H,20,25). The molecule has 8 nitrogen and oxygen atoms in total. The van der Waals surface area contributed by atoms with Crippen LogP contribution in [0.1, 0.15) is 5.56 Å². The molecule has 1 N–H and O–H groups in total. The molecule has 1 amide bonds. The van der Waals surface area contributed by atoms with Crippen molar-refractivity contribution in [3.63, 3.8) is 0 Å². The second kappa shape index (κ2) is 7.43. The molecule has 9 heteroatoms. The summed E-state index contributed by atoms with van der Waals surface area (Å²) in [6.45, 7) is 0.765. The Balaban J connectivity index is 1.33. The first-order valence-electron chi connectivity index (χ1n) is 8.86. The lowest BCUT2D eigenvalue weighted by Crippen LogP contribution is -2.38. The minimum absolute atomic E-state index is 0.0544. The Morgan fingerprint density at radius 2 is 2.00 bits per heavy atom. The molecule has 3 heterocycles. The predicted octanol–water partition coefficient (Wildman–Crippen LogP) is 1.03. The predicted molar refractivity (Wildman–Crippen MR) is 105 cm³/mol. The van der Waals surface area contributed by atoms with Gasteiger partial charge in [0.15, 0.2) is 0 Å². The second-order valence-electron chi connectivity index (χ2n) is 6.48. The molecule has 0 radical (unpaired) electrons. The molecule has 2 aliphatic heterocycles. The average Bonchev–Trinajstić information content (AvgIpc) is 3.16. The van der Waals surface area contributed by atoms with Crippen molar-refractivity contribution in [3.05, 3.63) is 72.2 Å². The fourth-order valence-electron chi connectivity index (χ4n) is 2.97. The summed E-state index contributed by atoms with van der Waals surface area (Å²) >= 11 is 0. The molecule has 2 aliphatic rings. The van der Waals surface area contributed by atoms with Crippen LogP contribution in [-0.4, -0.2) is 53.7 Å². The zero-order chi connectivity index (χ0) is 19.6. The summed E-state index contributed by atoms with van der Waals surface area (Å²) in [5.74, 6) is 0.0801. The van der Waals surface area contributed by atoms with Crippen LogP contribution in [0.25, 0.3) is 5.69 Å². The molecule has 1 aromatic heterocycles. The molecule has 0 atom stereocenters. The largest absolute Gasteiger partial charge is 0.352 e. The smallest absolute Gasteiger partial charge is 0.256 e. The Morgan fingerprint density at radius 3 is 2.82 bits per heavy atom. The highest BCUT2D eigenvalue weighted by Crippen LogP contribution is 2.16. The van der Waals surface area contributed by atoms with Crippen molar-refractivity contribution in [2.24, 2.45) is 4.40 Å². The number of carbonyl (C=O) groups is 1. The first-order valence-corrected chi connectivity index (χ1v) is 10.5. The minimum atomic E-state index is -3.40. The second-order valence-corrected chi connectivity index (χ2v) is 8.24. The molecule has 0 aliphatic carbocycles. The Kier molecular flexibility index (Phi) is 4.82. The highest BCUT2D eigenvalue weighted by Gasteiger charge is 2.24. The van der Waals surface area contributed by atoms with Crippen LogP contribution in [0.5, 0.6) is 0 Å². The van der Waals surface area contributed by atoms with Crippen LogP contribution < -0.4 is 5.32 Å². The van der Waals surface area contributed by atoms with Crippen LogP contribution in [0, 0.1) is 0 Å². The number of nitrogens with zero attached hydrogens (tertiary/aromatic N) is 4. The minimum Gasteiger partial charge on any atom is -0.352 e. The van der Waals surface area contributed by atoms with E-state index in [-0.39, 0.29) is 11.7 Å². The van der Waals surface area contributed by atoms with Crippen molar-refractivity contribution in [1.82, 2.24) is 20.0 Å². The van der Waals surface area contributed by atoms with Gasteiger partial charge in [-0.05, 0) is 36.3 Å². The Labute approximate surface area is 162 Å². The summed E-state index contributed by atoms with van der Waals surface area (Å²) in [5, 5.41) is 7.22. The molecule has 144 valence electrons. The number of hydrogen-bond donors (Lipinski definition) is 1. The van der Waals surface area contributed by atoms with E-state index in [0.29, 0.717) is 30.9 Å². The van der Waals surface area contributed by atoms with Crippen molar-refractivity contribution in [2.45, 2.75) is 6.42 Å². The highest BCUT2D eigenvalue weighted by atomic mass is 32.2. The third-order valence-electron chi connectivity index (χ3n) is 4.44. The van der Waals surface area contributed by atoms with Crippen LogP contribution in [0.2, 0.25) is 0 Å². The van der Waals surface area contributed by atoms with Crippen LogP contribution in [0.3, 0.4) is 0 Å². The lowest BCUT2D eigenvalue weighted by molar-refractivity contribution is -0.117. The normalized spacial score (nSPS) is 17.5. The lowest BCUT2D eigenvalue weighted by atomic mass is 10.1. The molecule has 0 fully saturated rings. The van der Waals surface area contributed by atoms with Gasteiger partial charge in [0.1, 0.15) is 5.84 Å². The topological polar surface area (TPSA) is 96.7 Å². The Hall–Kier alpha value is -3.20. The van der Waals surface area contributed by atoms with Gasteiger partial charge in [-0.15, -0.1) is 4.40 Å². The van der Waals surface area contributed by atoms with Gasteiger partial charge >= 0.3 is 0 Å². The number of para-hydroxylation sites is 1. The number of sulfonamides is 1. The highest BCUT2D eigenvalue weighted by molar-refractivity contribution is 7.90. The van der Waals surface area contributed by atoms with E-state index in [2.05, 4.69) is 14.8 Å². The maximum absolute atomic E-state index is 12.4. The average molecular weight is 397 g/mol. The SMILES string of the molecule is O=C(NCCc1cnn(-c2ccccc2)c1)C1=CN2CCS(=O)(=O)N=C2C=C1. The third kappa shape index (κ3) is 4.04. The third-order valence-corrected chi connectivity index (χ3v) is 5.61. The van der Waals surface area contributed by atoms with Gasteiger partial charge < -0.3 is 10.2 Å². The quantitative estimate of drug-likeness (QED) is 0.813. The van der Waals surface area contributed by atoms with Gasteiger partial charge in [-0.25, -0.2) is 13.1 Å². The zero-order valence-electron chi connectivity index (χ0n) is 15.0. The number of carbonyl (C=O) groups excluding carboxylic acids is 1. The molecular formula is C19H19N5O3S. The van der Waals surface area contributed by atoms with Crippen LogP contribution in [-0.2, 0) is 21.2 Å². The van der Waals surface area contributed by atoms with Crippen molar-refractivity contribution in [2.75, 3.05) is 18.8 Å². The summed E-state index contributed by atoms with van der Waals surface area (Å²) in [6, 6.07) is 9.82. The van der Waals surface area contributed by atoms with E-state index in [9.17, 15) is 13.2 Å². The van der Waals surface area contributed by atoms with Crippen LogP contribution >= 0.6 is 0 Å². The number of amidine groups is 1. The van der Waals surface area contributed by atoms with E-state index >= 15 is 0 Å². The summed E-state index contributed by atoms with van der Waals surface area (Å²) in [7, 11) is -3.40. The number of hydrogen-bond acceptors (Lipinski definition) is 5. The van der Waals surface area contributed by atoms with E-state index < -0.39 is 10.0 Å². The summed E-state index contributed by atoms with van der Waals surface area (Å²) in [4.78, 5) is 14.1. The molecule has 4 rings (SSSR count). The maximum atomic E-state index is 12.4. The first-order chi connectivity index (χ1) is 13.5.